The lowest BCUT2D eigenvalue weighted by atomic mass is 9.82. The second-order valence-corrected chi connectivity index (χ2v) is 21.9. The zero-order valence-electron chi connectivity index (χ0n) is 42.2. The van der Waals surface area contributed by atoms with E-state index in [1.165, 1.54) is 108 Å². The van der Waals surface area contributed by atoms with Gasteiger partial charge in [0.05, 0.1) is 5.69 Å². The molecular weight excluding hydrogens is 937 g/mol. The van der Waals surface area contributed by atoms with E-state index < -0.39 is 0 Å². The molecule has 0 amide bonds. The summed E-state index contributed by atoms with van der Waals surface area (Å²) in [6.07, 6.45) is 0. The van der Waals surface area contributed by atoms with Gasteiger partial charge in [-0.15, -0.1) is 11.3 Å². The largest absolute Gasteiger partial charge is 0.310 e. The van der Waals surface area contributed by atoms with Crippen molar-refractivity contribution >= 4 is 109 Å². The average Bonchev–Trinajstić information content (AvgIpc) is 4.08. The van der Waals surface area contributed by atoms with Crippen LogP contribution >= 0.6 is 11.3 Å². The highest BCUT2D eigenvalue weighted by atomic mass is 32.1. The summed E-state index contributed by atoms with van der Waals surface area (Å²) in [6.45, 7) is 4.80. The quantitative estimate of drug-likeness (QED) is 0.140. The smallest absolute Gasteiger partial charge is 0.0540 e. The fourth-order valence-electron chi connectivity index (χ4n) is 12.5. The lowest BCUT2D eigenvalue weighted by Crippen LogP contribution is -2.17. The summed E-state index contributed by atoms with van der Waals surface area (Å²) in [5.74, 6) is 0. The van der Waals surface area contributed by atoms with Gasteiger partial charge < -0.3 is 9.80 Å². The molecule has 0 radical (unpaired) electrons. The van der Waals surface area contributed by atoms with Gasteiger partial charge in [-0.25, -0.2) is 0 Å². The zero-order valence-corrected chi connectivity index (χ0v) is 43.0. The number of para-hydroxylation sites is 1. The molecule has 358 valence electrons. The van der Waals surface area contributed by atoms with E-state index in [0.29, 0.717) is 0 Å². The number of hydrogen-bond acceptors (Lipinski definition) is 3. The molecule has 0 N–H and O–H groups in total. The monoisotopic (exact) mass is 986 g/mol. The van der Waals surface area contributed by atoms with Crippen molar-refractivity contribution in [2.24, 2.45) is 0 Å². The van der Waals surface area contributed by atoms with Crippen LogP contribution < -0.4 is 9.80 Å². The third-order valence-corrected chi connectivity index (χ3v) is 17.4. The van der Waals surface area contributed by atoms with Crippen molar-refractivity contribution in [1.29, 1.82) is 0 Å². The number of rotatable bonds is 8. The number of nitrogens with zero attached hydrogens (tertiary/aromatic N) is 2. The fourth-order valence-corrected chi connectivity index (χ4v) is 13.7. The molecule has 0 spiro atoms. The molecule has 1 aliphatic carbocycles. The molecule has 0 saturated carbocycles. The van der Waals surface area contributed by atoms with E-state index in [2.05, 4.69) is 291 Å². The molecule has 0 atom stereocenters. The van der Waals surface area contributed by atoms with Crippen molar-refractivity contribution in [3.05, 3.63) is 278 Å². The molecule has 1 heterocycles. The Kier molecular flexibility index (Phi) is 10.1. The third-order valence-electron chi connectivity index (χ3n) is 16.2. The molecule has 0 fully saturated rings. The summed E-state index contributed by atoms with van der Waals surface area (Å²) < 4.78 is 2.67. The topological polar surface area (TPSA) is 6.48 Å². The van der Waals surface area contributed by atoms with Crippen LogP contribution in [0.15, 0.2) is 267 Å². The van der Waals surface area contributed by atoms with Gasteiger partial charge in [-0.05, 0) is 155 Å². The molecule has 0 bridgehead atoms. The lowest BCUT2D eigenvalue weighted by molar-refractivity contribution is 0.660. The first kappa shape index (κ1) is 44.2. The van der Waals surface area contributed by atoms with Crippen molar-refractivity contribution < 1.29 is 0 Å². The van der Waals surface area contributed by atoms with Crippen molar-refractivity contribution in [2.45, 2.75) is 19.3 Å². The SMILES string of the molecule is CC1(C)c2cc(N(c3ccc(-c4ccc(-c5cccc6c5sc5ccccc56)cc4)cc3)c3ccc4c5ccccc5c5ccccc5c4c3)ccc2-c2ccc(N(c3ccccc3)c3cccc4ccccc34)cc21. The maximum absolute atomic E-state index is 2.46. The highest BCUT2D eigenvalue weighted by Crippen LogP contribution is 2.53. The summed E-state index contributed by atoms with van der Waals surface area (Å²) in [5, 5.41) is 12.7. The van der Waals surface area contributed by atoms with Crippen LogP contribution in [0.2, 0.25) is 0 Å². The van der Waals surface area contributed by atoms with Crippen LogP contribution in [-0.4, -0.2) is 0 Å². The summed E-state index contributed by atoms with van der Waals surface area (Å²) in [6, 6.07) is 98.9. The van der Waals surface area contributed by atoms with Gasteiger partial charge in [-0.2, -0.15) is 0 Å². The Morgan fingerprint density at radius 2 is 0.750 bits per heavy atom. The molecular formula is C73H50N2S. The van der Waals surface area contributed by atoms with Gasteiger partial charge in [0, 0.05) is 59.4 Å². The first-order chi connectivity index (χ1) is 37.4. The minimum Gasteiger partial charge on any atom is -0.310 e. The molecule has 14 aromatic rings. The van der Waals surface area contributed by atoms with Gasteiger partial charge in [0.1, 0.15) is 0 Å². The highest BCUT2D eigenvalue weighted by molar-refractivity contribution is 7.26. The van der Waals surface area contributed by atoms with Crippen LogP contribution in [0, 0.1) is 0 Å². The van der Waals surface area contributed by atoms with Gasteiger partial charge in [0.15, 0.2) is 0 Å². The molecule has 0 unspecified atom stereocenters. The summed E-state index contributed by atoms with van der Waals surface area (Å²) in [4.78, 5) is 4.89. The second-order valence-electron chi connectivity index (χ2n) is 20.8. The Hall–Kier alpha value is -9.28. The van der Waals surface area contributed by atoms with E-state index in [0.717, 1.165) is 34.1 Å². The van der Waals surface area contributed by atoms with Crippen molar-refractivity contribution in [3.63, 3.8) is 0 Å². The molecule has 13 aromatic carbocycles. The Morgan fingerprint density at radius 1 is 0.289 bits per heavy atom. The number of hydrogen-bond donors (Lipinski definition) is 0. The number of benzene rings is 13. The third kappa shape index (κ3) is 7.00. The predicted octanol–water partition coefficient (Wildman–Crippen LogP) is 21.2. The molecule has 0 aliphatic heterocycles. The van der Waals surface area contributed by atoms with Gasteiger partial charge in [-0.3, -0.25) is 0 Å². The standard InChI is InChI=1S/C73H50N2S/c1-73(2)68-45-54(39-42-63(68)64-43-40-55(46-69(64)73)75(51-18-4-3-5-19-51)70-28-14-17-49-16-6-7-20-56(49)70)74(53-38-41-62-60-23-9-8-21-58(60)59-22-10-11-24-61(59)67(62)44-53)52-36-34-48(35-37-52)47-30-32-50(33-31-47)57-26-15-27-66-65-25-12-13-29-71(65)76-72(57)66/h3-46H,1-2H3. The van der Waals surface area contributed by atoms with Crippen LogP contribution in [0.25, 0.3) is 96.6 Å². The lowest BCUT2D eigenvalue weighted by Gasteiger charge is -2.30. The average molecular weight is 987 g/mol. The van der Waals surface area contributed by atoms with Gasteiger partial charge >= 0.3 is 0 Å². The van der Waals surface area contributed by atoms with Gasteiger partial charge in [-0.1, -0.05) is 208 Å². The molecule has 1 aliphatic rings. The minimum absolute atomic E-state index is 0.291. The van der Waals surface area contributed by atoms with Gasteiger partial charge in [0.25, 0.3) is 0 Å². The molecule has 76 heavy (non-hydrogen) atoms. The first-order valence-electron chi connectivity index (χ1n) is 26.3. The summed E-state index contributed by atoms with van der Waals surface area (Å²) in [7, 11) is 0. The number of fused-ring (bicyclic) bond motifs is 13. The van der Waals surface area contributed by atoms with E-state index in [1.54, 1.807) is 0 Å². The molecule has 1 aromatic heterocycles. The van der Waals surface area contributed by atoms with Crippen LogP contribution in [0.3, 0.4) is 0 Å². The first-order valence-corrected chi connectivity index (χ1v) is 27.1. The molecule has 2 nitrogen and oxygen atoms in total. The van der Waals surface area contributed by atoms with E-state index in [-0.39, 0.29) is 5.41 Å². The molecule has 3 heteroatoms. The second kappa shape index (κ2) is 17.4. The van der Waals surface area contributed by atoms with Crippen molar-refractivity contribution in [2.75, 3.05) is 9.80 Å². The maximum Gasteiger partial charge on any atom is 0.0540 e. The van der Waals surface area contributed by atoms with Crippen LogP contribution in [0.4, 0.5) is 34.1 Å². The molecule has 15 rings (SSSR count). The number of anilines is 6. The fraction of sp³-hybridized carbons (Fsp3) is 0.0411. The Morgan fingerprint density at radius 3 is 1.43 bits per heavy atom. The predicted molar refractivity (Wildman–Crippen MR) is 327 cm³/mol. The summed E-state index contributed by atoms with van der Waals surface area (Å²) >= 11 is 1.88. The Labute approximate surface area is 446 Å². The normalized spacial score (nSPS) is 12.7. The van der Waals surface area contributed by atoms with Gasteiger partial charge in [0.2, 0.25) is 0 Å². The zero-order chi connectivity index (χ0) is 50.5. The number of thiophene rings is 1. The Bertz CT molecular complexity index is 4570. The van der Waals surface area contributed by atoms with Crippen LogP contribution in [0.5, 0.6) is 0 Å². The summed E-state index contributed by atoms with van der Waals surface area (Å²) in [5.41, 5.74) is 16.6. The minimum atomic E-state index is -0.291. The van der Waals surface area contributed by atoms with Crippen molar-refractivity contribution in [3.8, 4) is 33.4 Å². The Balaban J connectivity index is 0.841. The van der Waals surface area contributed by atoms with E-state index >= 15 is 0 Å². The van der Waals surface area contributed by atoms with Crippen LogP contribution in [0.1, 0.15) is 25.0 Å². The van der Waals surface area contributed by atoms with Crippen molar-refractivity contribution in [1.82, 2.24) is 0 Å². The maximum atomic E-state index is 2.46. The highest BCUT2D eigenvalue weighted by Gasteiger charge is 2.37. The van der Waals surface area contributed by atoms with E-state index in [9.17, 15) is 0 Å². The molecule has 0 saturated heterocycles. The van der Waals surface area contributed by atoms with Crippen LogP contribution in [-0.2, 0) is 5.41 Å². The van der Waals surface area contributed by atoms with E-state index in [1.807, 2.05) is 11.3 Å². The van der Waals surface area contributed by atoms with E-state index in [4.69, 9.17) is 0 Å².